The van der Waals surface area contributed by atoms with Crippen LogP contribution in [0.25, 0.3) is 0 Å². The zero-order chi connectivity index (χ0) is 16.1. The van der Waals surface area contributed by atoms with Crippen LogP contribution in [0.3, 0.4) is 0 Å². The normalized spacial score (nSPS) is 26.0. The molecular formula is C13H15F2N3O3. The Morgan fingerprint density at radius 3 is 2.71 bits per heavy atom. The van der Waals surface area contributed by atoms with Gasteiger partial charge in [0.15, 0.2) is 1.37 Å². The fraction of sp³-hybridized carbons (Fsp3) is 0.538. The number of nitro groups is 1. The maximum absolute atomic E-state index is 12.8. The number of alkyl halides is 2. The van der Waals surface area contributed by atoms with E-state index in [-0.39, 0.29) is 12.1 Å². The molecule has 2 aliphatic rings. The van der Waals surface area contributed by atoms with Crippen LogP contribution >= 0.6 is 0 Å². The third-order valence-corrected chi connectivity index (χ3v) is 4.00. The quantitative estimate of drug-likeness (QED) is 0.629. The van der Waals surface area contributed by atoms with Crippen LogP contribution in [0.15, 0.2) is 18.2 Å². The number of rotatable bonds is 4. The average molecular weight is 300 g/mol. The van der Waals surface area contributed by atoms with Gasteiger partial charge in [-0.05, 0) is 19.5 Å². The highest BCUT2D eigenvalue weighted by Gasteiger charge is 2.43. The average Bonchev–Trinajstić information content (AvgIpc) is 2.35. The molecule has 0 amide bonds. The molecule has 2 unspecified atom stereocenters. The van der Waals surface area contributed by atoms with Gasteiger partial charge in [0.25, 0.3) is 0 Å². The van der Waals surface area contributed by atoms with Crippen LogP contribution in [0.5, 0.6) is 5.75 Å². The van der Waals surface area contributed by atoms with Gasteiger partial charge >= 0.3 is 12.3 Å². The fourth-order valence-corrected chi connectivity index (χ4v) is 3.22. The molecule has 3 rings (SSSR count). The van der Waals surface area contributed by atoms with Crippen LogP contribution in [-0.2, 0) is 0 Å². The molecule has 0 spiro atoms. The van der Waals surface area contributed by atoms with Crippen molar-refractivity contribution in [3.8, 4) is 5.75 Å². The van der Waals surface area contributed by atoms with E-state index in [2.05, 4.69) is 14.5 Å². The molecule has 0 aromatic heterocycles. The van der Waals surface area contributed by atoms with E-state index in [4.69, 9.17) is 1.37 Å². The third kappa shape index (κ3) is 2.51. The van der Waals surface area contributed by atoms with Crippen molar-refractivity contribution < 1.29 is 19.8 Å². The molecule has 0 saturated carbocycles. The zero-order valence-corrected chi connectivity index (χ0v) is 11.3. The van der Waals surface area contributed by atoms with Crippen molar-refractivity contribution in [3.05, 3.63) is 28.3 Å². The molecule has 1 aromatic rings. The summed E-state index contributed by atoms with van der Waals surface area (Å²) in [5, 5.41) is 10.9. The van der Waals surface area contributed by atoms with Gasteiger partial charge < -0.3 is 14.5 Å². The Balaban J connectivity index is 1.90. The molecule has 2 saturated heterocycles. The summed E-state index contributed by atoms with van der Waals surface area (Å²) in [6.45, 7) is -2.50. The summed E-state index contributed by atoms with van der Waals surface area (Å²) in [7, 11) is 2.02. The smallest absolute Gasteiger partial charge is 0.387 e. The van der Waals surface area contributed by atoms with Gasteiger partial charge in [0.05, 0.1) is 4.92 Å². The fourth-order valence-electron chi connectivity index (χ4n) is 3.22. The van der Waals surface area contributed by atoms with E-state index >= 15 is 0 Å². The number of likely N-dealkylation sites (N-methyl/N-ethyl adjacent to an activating group) is 1. The molecule has 0 aliphatic carbocycles. The monoisotopic (exact) mass is 300 g/mol. The Hall–Kier alpha value is -1.96. The number of hydrogen-bond donors (Lipinski definition) is 0. The maximum Gasteiger partial charge on any atom is 0.387 e. The minimum Gasteiger partial charge on any atom is -0.427 e. The highest BCUT2D eigenvalue weighted by atomic mass is 19.3. The van der Waals surface area contributed by atoms with Gasteiger partial charge in [0.2, 0.25) is 5.75 Å². The van der Waals surface area contributed by atoms with E-state index in [0.29, 0.717) is 5.69 Å². The first-order valence-corrected chi connectivity index (χ1v) is 6.57. The van der Waals surface area contributed by atoms with Crippen LogP contribution in [-0.4, -0.2) is 48.6 Å². The summed E-state index contributed by atoms with van der Waals surface area (Å²) in [4.78, 5) is 14.4. The molecule has 2 fully saturated rings. The standard InChI is InChI=1S/C13H15F2N3O3/c1-16-6-9-4-10(7-16)17(9)8-2-3-11(18(19)20)12(5-8)21-13(14)15/h2-3,5,9-10,13H,4,6-7H2,1H3/i13D. The van der Waals surface area contributed by atoms with Crippen LogP contribution in [0.1, 0.15) is 7.79 Å². The predicted molar refractivity (Wildman–Crippen MR) is 71.9 cm³/mol. The molecule has 6 nitrogen and oxygen atoms in total. The lowest BCUT2D eigenvalue weighted by molar-refractivity contribution is -0.386. The molecular weight excluding hydrogens is 284 g/mol. The minimum atomic E-state index is -4.21. The molecule has 0 radical (unpaired) electrons. The van der Waals surface area contributed by atoms with E-state index in [9.17, 15) is 18.9 Å². The number of ether oxygens (including phenoxy) is 1. The number of fused-ring (bicyclic) bond motifs is 2. The van der Waals surface area contributed by atoms with Crippen molar-refractivity contribution in [1.82, 2.24) is 4.90 Å². The summed E-state index contributed by atoms with van der Waals surface area (Å²) >= 11 is 0. The van der Waals surface area contributed by atoms with Crippen LogP contribution in [0.4, 0.5) is 20.2 Å². The first-order valence-electron chi connectivity index (χ1n) is 7.07. The Kier molecular flexibility index (Phi) is 3.10. The van der Waals surface area contributed by atoms with Gasteiger partial charge in [-0.3, -0.25) is 10.1 Å². The number of halogens is 2. The SMILES string of the molecule is [2H]C(F)(F)Oc1cc(N2C3CC2CN(C)C3)ccc1[N+](=O)[O-]. The third-order valence-electron chi connectivity index (χ3n) is 4.00. The highest BCUT2D eigenvalue weighted by Crippen LogP contribution is 2.40. The zero-order valence-electron chi connectivity index (χ0n) is 12.3. The Labute approximate surface area is 121 Å². The topological polar surface area (TPSA) is 58.8 Å². The number of anilines is 1. The van der Waals surface area contributed by atoms with Crippen molar-refractivity contribution in [1.29, 1.82) is 0 Å². The van der Waals surface area contributed by atoms with Gasteiger partial charge in [-0.1, -0.05) is 0 Å². The number of benzene rings is 1. The molecule has 2 aliphatic heterocycles. The number of nitro benzene ring substituents is 1. The van der Waals surface area contributed by atoms with E-state index < -0.39 is 22.9 Å². The van der Waals surface area contributed by atoms with Crippen LogP contribution in [0, 0.1) is 10.1 Å². The molecule has 0 N–H and O–H groups in total. The van der Waals surface area contributed by atoms with Gasteiger partial charge in [-0.15, -0.1) is 0 Å². The van der Waals surface area contributed by atoms with Gasteiger partial charge in [-0.2, -0.15) is 8.78 Å². The molecule has 1 aromatic carbocycles. The molecule has 8 heteroatoms. The second-order valence-electron chi connectivity index (χ2n) is 5.41. The van der Waals surface area contributed by atoms with Crippen LogP contribution < -0.4 is 9.64 Å². The van der Waals surface area contributed by atoms with Crippen molar-refractivity contribution in [2.24, 2.45) is 0 Å². The Morgan fingerprint density at radius 1 is 1.48 bits per heavy atom. The van der Waals surface area contributed by atoms with Gasteiger partial charge in [0.1, 0.15) is 0 Å². The highest BCUT2D eigenvalue weighted by molar-refractivity contribution is 5.62. The summed E-state index contributed by atoms with van der Waals surface area (Å²) in [5.41, 5.74) is 0.0395. The summed E-state index contributed by atoms with van der Waals surface area (Å²) in [6, 6.07) is 4.46. The lowest BCUT2D eigenvalue weighted by Gasteiger charge is -2.57. The maximum atomic E-state index is 12.8. The predicted octanol–water partition coefficient (Wildman–Crippen LogP) is 2.09. The molecule has 21 heavy (non-hydrogen) atoms. The van der Waals surface area contributed by atoms with E-state index in [0.717, 1.165) is 25.6 Å². The first-order chi connectivity index (χ1) is 10.2. The van der Waals surface area contributed by atoms with Crippen molar-refractivity contribution in [3.63, 3.8) is 0 Å². The second-order valence-corrected chi connectivity index (χ2v) is 5.41. The van der Waals surface area contributed by atoms with Crippen molar-refractivity contribution in [2.75, 3.05) is 25.0 Å². The number of likely N-dealkylation sites (tertiary alicyclic amines) is 1. The largest absolute Gasteiger partial charge is 0.427 e. The second kappa shape index (κ2) is 5.10. The molecule has 2 bridgehead atoms. The summed E-state index contributed by atoms with van der Waals surface area (Å²) < 4.78 is 36.2. The minimum absolute atomic E-state index is 0.273. The number of piperazine rings is 1. The van der Waals surface area contributed by atoms with E-state index in [1.165, 1.54) is 12.1 Å². The van der Waals surface area contributed by atoms with Crippen LogP contribution in [0.2, 0.25) is 0 Å². The summed E-state index contributed by atoms with van der Waals surface area (Å²) in [6.07, 6.45) is 1.02. The Morgan fingerprint density at radius 2 is 2.14 bits per heavy atom. The Bertz CT molecular complexity index is 599. The van der Waals surface area contributed by atoms with Crippen molar-refractivity contribution >= 4 is 11.4 Å². The molecule has 2 heterocycles. The lowest BCUT2D eigenvalue weighted by atomic mass is 9.87. The van der Waals surface area contributed by atoms with Gasteiger partial charge in [0, 0.05) is 43.0 Å². The van der Waals surface area contributed by atoms with E-state index in [1.807, 2.05) is 7.05 Å². The first kappa shape index (κ1) is 12.8. The summed E-state index contributed by atoms with van der Waals surface area (Å²) in [5.74, 6) is -0.583. The van der Waals surface area contributed by atoms with Crippen molar-refractivity contribution in [2.45, 2.75) is 25.1 Å². The molecule has 114 valence electrons. The number of hydrogen-bond acceptors (Lipinski definition) is 5. The number of piperidine rings is 1. The number of nitrogens with zero attached hydrogens (tertiary/aromatic N) is 3. The lowest BCUT2D eigenvalue weighted by Crippen LogP contribution is -2.68. The molecule has 2 atom stereocenters. The van der Waals surface area contributed by atoms with Gasteiger partial charge in [-0.25, -0.2) is 0 Å². The van der Waals surface area contributed by atoms with E-state index in [1.54, 1.807) is 0 Å².